The third-order valence-electron chi connectivity index (χ3n) is 5.42. The summed E-state index contributed by atoms with van der Waals surface area (Å²) in [6.45, 7) is 5.04. The molecule has 0 aromatic carbocycles. The van der Waals surface area contributed by atoms with Gasteiger partial charge in [0.25, 0.3) is 0 Å². The van der Waals surface area contributed by atoms with Crippen LogP contribution < -0.4 is 0 Å². The molecule has 0 aliphatic carbocycles. The largest absolute Gasteiger partial charge is 0.457 e. The summed E-state index contributed by atoms with van der Waals surface area (Å²) >= 11 is 0. The Morgan fingerprint density at radius 3 is 1.88 bits per heavy atom. The first-order valence-corrected chi connectivity index (χ1v) is 13.7. The quantitative estimate of drug-likeness (QED) is 0.0870. The highest BCUT2D eigenvalue weighted by molar-refractivity contribution is 5.69. The van der Waals surface area contributed by atoms with Gasteiger partial charge in [0.15, 0.2) is 0 Å². The highest BCUT2D eigenvalue weighted by Gasteiger charge is 2.13. The molecule has 0 radical (unpaired) electrons. The number of esters is 1. The lowest BCUT2D eigenvalue weighted by molar-refractivity contribution is -0.154. The van der Waals surface area contributed by atoms with E-state index in [1.54, 1.807) is 0 Å². The predicted molar refractivity (Wildman–Crippen MR) is 145 cm³/mol. The second kappa shape index (κ2) is 27.6. The minimum Gasteiger partial charge on any atom is -0.457 e. The standard InChI is InChI=1S/C30H52O4/c1-3-5-7-9-11-13-14-15-16-17-18-20-22-24-26-33-28-29(27-31)34-30(32)25-23-21-19-12-10-8-6-4-2/h5,7,11,13,15-16,18,20,29,31H,3-4,6,8-10,12,14,17,19,21-28H2,1-2H3/b7-5-,13-11-,16-15-,20-18-. The van der Waals surface area contributed by atoms with Gasteiger partial charge in [-0.3, -0.25) is 4.79 Å². The molecule has 0 amide bonds. The highest BCUT2D eigenvalue weighted by atomic mass is 16.6. The fourth-order valence-electron chi connectivity index (χ4n) is 3.39. The zero-order valence-corrected chi connectivity index (χ0v) is 22.1. The molecule has 1 atom stereocenters. The first-order chi connectivity index (χ1) is 16.7. The molecular weight excluding hydrogens is 424 g/mol. The van der Waals surface area contributed by atoms with Gasteiger partial charge in [0.1, 0.15) is 6.10 Å². The van der Waals surface area contributed by atoms with Crippen molar-refractivity contribution in [1.82, 2.24) is 0 Å². The van der Waals surface area contributed by atoms with Crippen molar-refractivity contribution >= 4 is 5.97 Å². The normalized spacial score (nSPS) is 13.1. The number of ether oxygens (including phenoxy) is 2. The number of aliphatic hydroxyl groups is 1. The molecular formula is C30H52O4. The summed E-state index contributed by atoms with van der Waals surface area (Å²) in [5.74, 6) is -0.228. The molecule has 0 rings (SSSR count). The molecule has 0 spiro atoms. The Balaban J connectivity index is 3.61. The Morgan fingerprint density at radius 1 is 0.735 bits per heavy atom. The highest BCUT2D eigenvalue weighted by Crippen LogP contribution is 2.10. The number of carbonyl (C=O) groups is 1. The molecule has 0 saturated carbocycles. The average Bonchev–Trinajstić information content (AvgIpc) is 2.84. The van der Waals surface area contributed by atoms with Crippen LogP contribution in [0.15, 0.2) is 48.6 Å². The molecule has 0 aliphatic rings. The van der Waals surface area contributed by atoms with Crippen molar-refractivity contribution in [3.63, 3.8) is 0 Å². The van der Waals surface area contributed by atoms with Gasteiger partial charge in [-0.2, -0.15) is 0 Å². The summed E-state index contributed by atoms with van der Waals surface area (Å²) < 4.78 is 10.9. The van der Waals surface area contributed by atoms with Crippen LogP contribution in [0.25, 0.3) is 0 Å². The Labute approximate surface area is 210 Å². The summed E-state index contributed by atoms with van der Waals surface area (Å²) in [7, 11) is 0. The fourth-order valence-corrected chi connectivity index (χ4v) is 3.39. The zero-order chi connectivity index (χ0) is 25.0. The van der Waals surface area contributed by atoms with Gasteiger partial charge in [-0.25, -0.2) is 0 Å². The maximum Gasteiger partial charge on any atom is 0.306 e. The van der Waals surface area contributed by atoms with Crippen molar-refractivity contribution in [2.24, 2.45) is 0 Å². The summed E-state index contributed by atoms with van der Waals surface area (Å²) in [4.78, 5) is 11.9. The maximum absolute atomic E-state index is 11.9. The second-order valence-electron chi connectivity index (χ2n) is 8.74. The number of carbonyl (C=O) groups excluding carboxylic acids is 1. The minimum atomic E-state index is -0.557. The van der Waals surface area contributed by atoms with Gasteiger partial charge in [-0.1, -0.05) is 107 Å². The number of allylic oxidation sites excluding steroid dienone is 8. The van der Waals surface area contributed by atoms with Crippen molar-refractivity contribution in [1.29, 1.82) is 0 Å². The second-order valence-corrected chi connectivity index (χ2v) is 8.74. The van der Waals surface area contributed by atoms with Crippen molar-refractivity contribution in [3.05, 3.63) is 48.6 Å². The van der Waals surface area contributed by atoms with E-state index in [0.29, 0.717) is 13.0 Å². The predicted octanol–water partition coefficient (Wildman–Crippen LogP) is 8.02. The third kappa shape index (κ3) is 25.0. The van der Waals surface area contributed by atoms with Gasteiger partial charge in [0, 0.05) is 13.0 Å². The monoisotopic (exact) mass is 476 g/mol. The van der Waals surface area contributed by atoms with Gasteiger partial charge in [-0.15, -0.1) is 0 Å². The van der Waals surface area contributed by atoms with Crippen LogP contribution in [0.3, 0.4) is 0 Å². The van der Waals surface area contributed by atoms with E-state index in [9.17, 15) is 9.90 Å². The van der Waals surface area contributed by atoms with Crippen molar-refractivity contribution in [3.8, 4) is 0 Å². The molecule has 0 heterocycles. The molecule has 0 fully saturated rings. The molecule has 0 aromatic rings. The smallest absolute Gasteiger partial charge is 0.306 e. The van der Waals surface area contributed by atoms with Crippen LogP contribution in [0.1, 0.15) is 110 Å². The Hall–Kier alpha value is -1.65. The Bertz CT molecular complexity index is 548. The minimum absolute atomic E-state index is 0.194. The van der Waals surface area contributed by atoms with Crippen LogP contribution in [0.4, 0.5) is 0 Å². The molecule has 34 heavy (non-hydrogen) atoms. The molecule has 4 heteroatoms. The SMILES string of the molecule is CC/C=C\C/C=C\C/C=C\C/C=C\CCCOCC(CO)OC(=O)CCCCCCCCCC. The maximum atomic E-state index is 11.9. The molecule has 0 bridgehead atoms. The van der Waals surface area contributed by atoms with Crippen LogP contribution in [-0.4, -0.2) is 37.0 Å². The third-order valence-corrected chi connectivity index (χ3v) is 5.42. The molecule has 0 aromatic heterocycles. The van der Waals surface area contributed by atoms with Gasteiger partial charge < -0.3 is 14.6 Å². The fraction of sp³-hybridized carbons (Fsp3) is 0.700. The van der Waals surface area contributed by atoms with E-state index < -0.39 is 6.10 Å². The Kier molecular flexibility index (Phi) is 26.3. The number of rotatable bonds is 24. The molecule has 1 N–H and O–H groups in total. The summed E-state index contributed by atoms with van der Waals surface area (Å²) in [5.41, 5.74) is 0. The van der Waals surface area contributed by atoms with E-state index in [-0.39, 0.29) is 19.2 Å². The lowest BCUT2D eigenvalue weighted by Gasteiger charge is -2.15. The van der Waals surface area contributed by atoms with E-state index in [0.717, 1.165) is 51.4 Å². The molecule has 0 aliphatic heterocycles. The number of hydrogen-bond acceptors (Lipinski definition) is 4. The zero-order valence-electron chi connectivity index (χ0n) is 22.1. The van der Waals surface area contributed by atoms with Crippen LogP contribution >= 0.6 is 0 Å². The first-order valence-electron chi connectivity index (χ1n) is 13.7. The Morgan fingerprint density at radius 2 is 1.29 bits per heavy atom. The van der Waals surface area contributed by atoms with E-state index in [1.807, 2.05) is 0 Å². The summed E-state index contributed by atoms with van der Waals surface area (Å²) in [5, 5.41) is 9.43. The molecule has 0 saturated heterocycles. The average molecular weight is 477 g/mol. The number of aliphatic hydroxyl groups excluding tert-OH is 1. The van der Waals surface area contributed by atoms with E-state index in [1.165, 1.54) is 38.5 Å². The van der Waals surface area contributed by atoms with Crippen LogP contribution in [0.5, 0.6) is 0 Å². The summed E-state index contributed by atoms with van der Waals surface area (Å²) in [6, 6.07) is 0. The molecule has 1 unspecified atom stereocenters. The van der Waals surface area contributed by atoms with Crippen LogP contribution in [-0.2, 0) is 14.3 Å². The van der Waals surface area contributed by atoms with E-state index in [2.05, 4.69) is 62.5 Å². The number of hydrogen-bond donors (Lipinski definition) is 1. The van der Waals surface area contributed by atoms with Gasteiger partial charge in [0.05, 0.1) is 13.2 Å². The lowest BCUT2D eigenvalue weighted by atomic mass is 10.1. The van der Waals surface area contributed by atoms with Gasteiger partial charge >= 0.3 is 5.97 Å². The van der Waals surface area contributed by atoms with Gasteiger partial charge in [0.2, 0.25) is 0 Å². The van der Waals surface area contributed by atoms with Crippen molar-refractivity contribution < 1.29 is 19.4 Å². The van der Waals surface area contributed by atoms with E-state index in [4.69, 9.17) is 9.47 Å². The molecule has 196 valence electrons. The van der Waals surface area contributed by atoms with E-state index >= 15 is 0 Å². The first kappa shape index (κ1) is 32.4. The van der Waals surface area contributed by atoms with Crippen molar-refractivity contribution in [2.75, 3.05) is 19.8 Å². The number of unbranched alkanes of at least 4 members (excludes halogenated alkanes) is 8. The molecule has 4 nitrogen and oxygen atoms in total. The topological polar surface area (TPSA) is 55.8 Å². The lowest BCUT2D eigenvalue weighted by Crippen LogP contribution is -2.27. The van der Waals surface area contributed by atoms with Crippen LogP contribution in [0, 0.1) is 0 Å². The van der Waals surface area contributed by atoms with Crippen LogP contribution in [0.2, 0.25) is 0 Å². The van der Waals surface area contributed by atoms with Gasteiger partial charge in [-0.05, 0) is 44.9 Å². The van der Waals surface area contributed by atoms with Crippen molar-refractivity contribution in [2.45, 2.75) is 116 Å². The summed E-state index contributed by atoms with van der Waals surface area (Å²) in [6.07, 6.45) is 32.9.